The molecule has 1 aliphatic carbocycles. The first-order valence-corrected chi connectivity index (χ1v) is 12.1. The second-order valence-corrected chi connectivity index (χ2v) is 9.26. The van der Waals surface area contributed by atoms with E-state index in [0.29, 0.717) is 34.9 Å². The number of carbonyl (C=O) groups is 1. The number of amides is 2. The predicted molar refractivity (Wildman–Crippen MR) is 136 cm³/mol. The van der Waals surface area contributed by atoms with Crippen LogP contribution in [0.3, 0.4) is 0 Å². The Morgan fingerprint density at radius 2 is 2.11 bits per heavy atom. The molecule has 2 aromatic heterocycles. The lowest BCUT2D eigenvalue weighted by atomic mass is 9.93. The first kappa shape index (κ1) is 24.6. The molecule has 0 saturated carbocycles. The number of rotatable bonds is 9. The van der Waals surface area contributed by atoms with Gasteiger partial charge in [-0.25, -0.2) is 14.8 Å². The number of fused-ring (bicyclic) bond motifs is 3. The molecule has 4 rings (SSSR count). The lowest BCUT2D eigenvalue weighted by Gasteiger charge is -2.28. The van der Waals surface area contributed by atoms with Crippen LogP contribution < -0.4 is 21.1 Å². The van der Waals surface area contributed by atoms with Crippen molar-refractivity contribution in [1.29, 1.82) is 5.41 Å². The van der Waals surface area contributed by atoms with E-state index in [-0.39, 0.29) is 38.4 Å². The number of ether oxygens (including phenoxy) is 1. The molecule has 11 nitrogen and oxygen atoms in total. The number of nitrogens with one attached hydrogen (secondary N) is 3. The molecule has 1 aromatic carbocycles. The SMILES string of the molecule is COc1cc(N)c(C=N)cc1Nc1ncnc2sc3c(c12)CCC(NC(=O)N(CCO)CCO)C3. The molecule has 12 heteroatoms. The van der Waals surface area contributed by atoms with Gasteiger partial charge < -0.3 is 41.6 Å². The quantitative estimate of drug-likeness (QED) is 0.191. The fraction of sp³-hybridized carbons (Fsp3) is 0.391. The van der Waals surface area contributed by atoms with E-state index < -0.39 is 0 Å². The van der Waals surface area contributed by atoms with Crippen LogP contribution in [0.25, 0.3) is 10.2 Å². The maximum Gasteiger partial charge on any atom is 0.317 e. The lowest BCUT2D eigenvalue weighted by molar-refractivity contribution is 0.155. The maximum atomic E-state index is 12.6. The molecule has 2 heterocycles. The van der Waals surface area contributed by atoms with Gasteiger partial charge in [0.25, 0.3) is 0 Å². The standard InChI is InChI=1S/C23H29N7O4S/c1-34-18-10-16(25)13(11-24)8-17(18)29-21-20-15-3-2-14(9-19(15)35-22(20)27-12-26-21)28-23(33)30(4-6-31)5-7-32/h8,10-12,14,24,31-32H,2-7,9,25H2,1H3,(H,28,33)(H,26,27,29). The minimum Gasteiger partial charge on any atom is -0.494 e. The first-order chi connectivity index (χ1) is 17.0. The van der Waals surface area contributed by atoms with Crippen LogP contribution in [0, 0.1) is 5.41 Å². The van der Waals surface area contributed by atoms with E-state index in [1.165, 1.54) is 17.4 Å². The smallest absolute Gasteiger partial charge is 0.317 e. The summed E-state index contributed by atoms with van der Waals surface area (Å²) in [5.41, 5.74) is 8.82. The number of urea groups is 1. The molecular weight excluding hydrogens is 470 g/mol. The number of carbonyl (C=O) groups excluding carboxylic acids is 1. The third-order valence-corrected chi connectivity index (χ3v) is 7.18. The van der Waals surface area contributed by atoms with Gasteiger partial charge in [0.05, 0.1) is 31.4 Å². The van der Waals surface area contributed by atoms with Gasteiger partial charge in [-0.1, -0.05) is 0 Å². The molecule has 3 aromatic rings. The number of nitrogen functional groups attached to an aromatic ring is 1. The molecule has 1 aliphatic rings. The van der Waals surface area contributed by atoms with Gasteiger partial charge in [-0.2, -0.15) is 0 Å². The van der Waals surface area contributed by atoms with Crippen LogP contribution in [0.5, 0.6) is 5.75 Å². The van der Waals surface area contributed by atoms with Crippen LogP contribution in [-0.4, -0.2) is 76.8 Å². The Morgan fingerprint density at radius 1 is 1.34 bits per heavy atom. The summed E-state index contributed by atoms with van der Waals surface area (Å²) in [5, 5.41) is 33.3. The molecule has 0 radical (unpaired) electrons. The van der Waals surface area contributed by atoms with Crippen molar-refractivity contribution in [3.8, 4) is 5.75 Å². The second-order valence-electron chi connectivity index (χ2n) is 8.18. The van der Waals surface area contributed by atoms with Gasteiger partial charge in [-0.3, -0.25) is 0 Å². The second kappa shape index (κ2) is 10.8. The summed E-state index contributed by atoms with van der Waals surface area (Å²) in [7, 11) is 1.56. The zero-order valence-electron chi connectivity index (χ0n) is 19.4. The number of nitrogens with two attached hydrogens (primary N) is 1. The zero-order chi connectivity index (χ0) is 24.9. The van der Waals surface area contributed by atoms with Crippen molar-refractivity contribution in [2.45, 2.75) is 25.3 Å². The van der Waals surface area contributed by atoms with Crippen LogP contribution in [-0.2, 0) is 12.8 Å². The Hall–Kier alpha value is -3.48. The summed E-state index contributed by atoms with van der Waals surface area (Å²) in [6, 6.07) is 3.08. The molecule has 7 N–H and O–H groups in total. The fourth-order valence-electron chi connectivity index (χ4n) is 4.28. The molecule has 1 atom stereocenters. The van der Waals surface area contributed by atoms with E-state index in [1.807, 2.05) is 0 Å². The van der Waals surface area contributed by atoms with Gasteiger partial charge in [-0.05, 0) is 24.5 Å². The number of methoxy groups -OCH3 is 1. The molecule has 0 spiro atoms. The largest absolute Gasteiger partial charge is 0.494 e. The number of hydrogen-bond acceptors (Lipinski definition) is 10. The lowest BCUT2D eigenvalue weighted by Crippen LogP contribution is -2.48. The van der Waals surface area contributed by atoms with Crippen LogP contribution in [0.4, 0.5) is 22.0 Å². The summed E-state index contributed by atoms with van der Waals surface area (Å²) in [6.07, 6.45) is 4.85. The molecule has 0 fully saturated rings. The van der Waals surface area contributed by atoms with Gasteiger partial charge in [0.15, 0.2) is 0 Å². The highest BCUT2D eigenvalue weighted by atomic mass is 32.1. The van der Waals surface area contributed by atoms with Crippen LogP contribution in [0.1, 0.15) is 22.4 Å². The summed E-state index contributed by atoms with van der Waals surface area (Å²) in [6.45, 7) is 0.0263. The number of aliphatic hydroxyl groups excluding tert-OH is 2. The number of aromatic nitrogens is 2. The third kappa shape index (κ3) is 5.14. The van der Waals surface area contributed by atoms with Crippen molar-refractivity contribution in [3.05, 3.63) is 34.5 Å². The highest BCUT2D eigenvalue weighted by molar-refractivity contribution is 7.19. The number of thiophene rings is 1. The molecule has 0 saturated heterocycles. The minimum atomic E-state index is -0.290. The van der Waals surface area contributed by atoms with Crippen molar-refractivity contribution in [2.24, 2.45) is 0 Å². The van der Waals surface area contributed by atoms with E-state index in [1.54, 1.807) is 30.6 Å². The number of aryl methyl sites for hydroxylation is 1. The van der Waals surface area contributed by atoms with Gasteiger partial charge in [0, 0.05) is 54.0 Å². The van der Waals surface area contributed by atoms with Crippen LogP contribution in [0.15, 0.2) is 18.5 Å². The van der Waals surface area contributed by atoms with E-state index in [0.717, 1.165) is 33.5 Å². The number of benzene rings is 1. The number of hydrogen-bond donors (Lipinski definition) is 6. The van der Waals surface area contributed by atoms with Crippen molar-refractivity contribution in [1.82, 2.24) is 20.2 Å². The van der Waals surface area contributed by atoms with E-state index in [9.17, 15) is 15.0 Å². The van der Waals surface area contributed by atoms with Crippen molar-refractivity contribution in [3.63, 3.8) is 0 Å². The van der Waals surface area contributed by atoms with Gasteiger partial charge in [0.2, 0.25) is 0 Å². The minimum absolute atomic E-state index is 0.0559. The Balaban J connectivity index is 1.59. The average molecular weight is 500 g/mol. The Kier molecular flexibility index (Phi) is 7.63. The van der Waals surface area contributed by atoms with Gasteiger partial charge in [-0.15, -0.1) is 11.3 Å². The Morgan fingerprint density at radius 3 is 2.80 bits per heavy atom. The Labute approximate surface area is 206 Å². The molecule has 186 valence electrons. The molecule has 0 aliphatic heterocycles. The molecular formula is C23H29N7O4S. The molecule has 35 heavy (non-hydrogen) atoms. The Bertz CT molecular complexity index is 1230. The summed E-state index contributed by atoms with van der Waals surface area (Å²) in [5.74, 6) is 1.19. The first-order valence-electron chi connectivity index (χ1n) is 11.3. The highest BCUT2D eigenvalue weighted by Gasteiger charge is 2.27. The number of anilines is 3. The van der Waals surface area contributed by atoms with E-state index in [4.69, 9.17) is 15.9 Å². The molecule has 2 amide bonds. The fourth-order valence-corrected chi connectivity index (χ4v) is 5.55. The van der Waals surface area contributed by atoms with E-state index in [2.05, 4.69) is 20.6 Å². The number of nitrogens with zero attached hydrogens (tertiary/aromatic N) is 3. The number of aliphatic hydroxyl groups is 2. The monoisotopic (exact) mass is 499 g/mol. The van der Waals surface area contributed by atoms with Gasteiger partial charge in [0.1, 0.15) is 22.7 Å². The average Bonchev–Trinajstić information content (AvgIpc) is 3.23. The van der Waals surface area contributed by atoms with Crippen molar-refractivity contribution < 1.29 is 19.7 Å². The predicted octanol–water partition coefficient (Wildman–Crippen LogP) is 1.88. The zero-order valence-corrected chi connectivity index (χ0v) is 20.2. The molecule has 1 unspecified atom stereocenters. The summed E-state index contributed by atoms with van der Waals surface area (Å²) in [4.78, 5) is 25.0. The summed E-state index contributed by atoms with van der Waals surface area (Å²) >= 11 is 1.58. The van der Waals surface area contributed by atoms with Crippen molar-refractivity contribution >= 4 is 51.0 Å². The van der Waals surface area contributed by atoms with Crippen LogP contribution >= 0.6 is 11.3 Å². The highest BCUT2D eigenvalue weighted by Crippen LogP contribution is 2.40. The van der Waals surface area contributed by atoms with Gasteiger partial charge >= 0.3 is 6.03 Å². The molecule has 0 bridgehead atoms. The topological polar surface area (TPSA) is 170 Å². The third-order valence-electron chi connectivity index (χ3n) is 6.01. The van der Waals surface area contributed by atoms with Crippen molar-refractivity contribution in [2.75, 3.05) is 44.5 Å². The van der Waals surface area contributed by atoms with Crippen LogP contribution in [0.2, 0.25) is 0 Å². The van der Waals surface area contributed by atoms with E-state index >= 15 is 0 Å². The normalized spacial score (nSPS) is 14.9. The summed E-state index contributed by atoms with van der Waals surface area (Å²) < 4.78 is 5.48. The maximum absolute atomic E-state index is 12.6.